The maximum Gasteiger partial charge on any atom is 0.201 e. The van der Waals surface area contributed by atoms with Gasteiger partial charge >= 0.3 is 0 Å². The number of phenolic OH excluding ortho intramolecular Hbond substituents is 1. The van der Waals surface area contributed by atoms with Gasteiger partial charge in [0.15, 0.2) is 11.4 Å². The van der Waals surface area contributed by atoms with Gasteiger partial charge in [0.25, 0.3) is 0 Å². The molecular weight excluding hydrogens is 430 g/mol. The number of fused-ring (bicyclic) bond motifs is 3. The first-order chi connectivity index (χ1) is 15.1. The minimum absolute atomic E-state index is 0.000464. The van der Waals surface area contributed by atoms with E-state index in [1.54, 1.807) is 36.8 Å². The molecule has 0 spiro atoms. The summed E-state index contributed by atoms with van der Waals surface area (Å²) in [7, 11) is 3.48. The molecule has 0 fully saturated rings. The largest absolute Gasteiger partial charge is 0.510 e. The lowest BCUT2D eigenvalue weighted by Gasteiger charge is -2.51. The molecule has 5 atom stereocenters. The Morgan fingerprint density at radius 2 is 1.88 bits per heavy atom. The second-order valence-corrected chi connectivity index (χ2v) is 10.4. The summed E-state index contributed by atoms with van der Waals surface area (Å²) in [6.07, 6.45) is 0.234. The molecule has 7 nitrogen and oxygen atoms in total. The quantitative estimate of drug-likeness (QED) is 0.543. The van der Waals surface area contributed by atoms with Crippen molar-refractivity contribution in [3.8, 4) is 5.75 Å². The molecule has 0 aromatic heterocycles. The minimum Gasteiger partial charge on any atom is -0.510 e. The lowest BCUT2D eigenvalue weighted by Crippen LogP contribution is -2.63. The summed E-state index contributed by atoms with van der Waals surface area (Å²) >= 11 is 1.68. The van der Waals surface area contributed by atoms with Crippen molar-refractivity contribution >= 4 is 23.3 Å². The lowest BCUT2D eigenvalue weighted by molar-refractivity contribution is -0.147. The zero-order chi connectivity index (χ0) is 23.5. The topological polar surface area (TPSA) is 118 Å². The molecule has 3 aliphatic carbocycles. The second kappa shape index (κ2) is 7.93. The van der Waals surface area contributed by atoms with Gasteiger partial charge in [-0.1, -0.05) is 19.1 Å². The Hall–Kier alpha value is -2.29. The van der Waals surface area contributed by atoms with Crippen LogP contribution in [0.3, 0.4) is 0 Å². The van der Waals surface area contributed by atoms with Crippen LogP contribution in [0.25, 0.3) is 0 Å². The molecule has 0 saturated heterocycles. The third-order valence-electron chi connectivity index (χ3n) is 7.25. The highest BCUT2D eigenvalue weighted by molar-refractivity contribution is 7.99. The minimum atomic E-state index is -2.31. The highest BCUT2D eigenvalue weighted by Gasteiger charge is 2.62. The van der Waals surface area contributed by atoms with Crippen LogP contribution in [0.1, 0.15) is 42.1 Å². The van der Waals surface area contributed by atoms with Crippen LogP contribution in [0, 0.1) is 11.8 Å². The van der Waals surface area contributed by atoms with Crippen molar-refractivity contribution in [3.05, 3.63) is 52.0 Å². The fourth-order valence-electron chi connectivity index (χ4n) is 5.73. The number of carbonyl (C=O) groups is 2. The average Bonchev–Trinajstić information content (AvgIpc) is 2.74. The van der Waals surface area contributed by atoms with E-state index in [2.05, 4.69) is 0 Å². The molecule has 8 heteroatoms. The Labute approximate surface area is 191 Å². The predicted octanol–water partition coefficient (Wildman–Crippen LogP) is 2.95. The predicted molar refractivity (Wildman–Crippen MR) is 122 cm³/mol. The molecule has 0 amide bonds. The second-order valence-electron chi connectivity index (χ2n) is 9.06. The number of hydrogen-bond donors (Lipinski definition) is 4. The van der Waals surface area contributed by atoms with Crippen LogP contribution in [0.15, 0.2) is 40.9 Å². The first-order valence-electron chi connectivity index (χ1n) is 10.8. The van der Waals surface area contributed by atoms with Crippen molar-refractivity contribution in [1.82, 2.24) is 4.90 Å². The van der Waals surface area contributed by atoms with E-state index in [1.807, 2.05) is 13.0 Å². The SMILES string of the molecule is CCSCC1c2cccc(O)c2C(=O)C2=C(O)C3(O)C(=O)C(C)=C(O)C(N(C)C)C3CC21. The van der Waals surface area contributed by atoms with E-state index < -0.39 is 40.8 Å². The van der Waals surface area contributed by atoms with Crippen LogP contribution in [0.4, 0.5) is 0 Å². The van der Waals surface area contributed by atoms with Gasteiger partial charge in [0.2, 0.25) is 5.78 Å². The number of rotatable bonds is 4. The van der Waals surface area contributed by atoms with Crippen molar-refractivity contribution in [2.45, 2.75) is 37.8 Å². The highest BCUT2D eigenvalue weighted by Crippen LogP contribution is 2.55. The molecule has 4 N–H and O–H groups in total. The van der Waals surface area contributed by atoms with Crippen LogP contribution < -0.4 is 0 Å². The number of aromatic hydroxyl groups is 1. The van der Waals surface area contributed by atoms with Gasteiger partial charge in [-0.15, -0.1) is 0 Å². The Bertz CT molecular complexity index is 1060. The third-order valence-corrected chi connectivity index (χ3v) is 8.26. The number of benzene rings is 1. The molecule has 5 unspecified atom stereocenters. The Balaban J connectivity index is 1.98. The number of Topliss-reactive ketones (excluding diaryl/α,β-unsaturated/α-hetero) is 2. The van der Waals surface area contributed by atoms with E-state index in [0.29, 0.717) is 11.3 Å². The number of ketones is 2. The summed E-state index contributed by atoms with van der Waals surface area (Å²) in [6.45, 7) is 3.44. The van der Waals surface area contributed by atoms with Gasteiger partial charge in [-0.25, -0.2) is 0 Å². The van der Waals surface area contributed by atoms with Crippen LogP contribution in [-0.2, 0) is 4.79 Å². The summed E-state index contributed by atoms with van der Waals surface area (Å²) in [4.78, 5) is 28.4. The zero-order valence-electron chi connectivity index (χ0n) is 18.6. The molecule has 172 valence electrons. The highest BCUT2D eigenvalue weighted by atomic mass is 32.2. The number of allylic oxidation sites excluding steroid dienone is 1. The van der Waals surface area contributed by atoms with E-state index in [0.717, 1.165) is 5.75 Å². The van der Waals surface area contributed by atoms with Crippen LogP contribution in [-0.4, -0.2) is 74.1 Å². The van der Waals surface area contributed by atoms with Gasteiger partial charge in [0.1, 0.15) is 17.3 Å². The van der Waals surface area contributed by atoms with Crippen LogP contribution in [0.2, 0.25) is 0 Å². The third kappa shape index (κ3) is 2.96. The van der Waals surface area contributed by atoms with Gasteiger partial charge in [-0.05, 0) is 50.7 Å². The molecule has 4 rings (SSSR count). The Kier molecular flexibility index (Phi) is 5.68. The number of hydrogen-bond acceptors (Lipinski definition) is 8. The van der Waals surface area contributed by atoms with E-state index in [1.165, 1.54) is 13.0 Å². The number of nitrogens with zero attached hydrogens (tertiary/aromatic N) is 1. The molecule has 3 aliphatic rings. The summed E-state index contributed by atoms with van der Waals surface area (Å²) < 4.78 is 0. The summed E-state index contributed by atoms with van der Waals surface area (Å²) in [5.41, 5.74) is -1.51. The smallest absolute Gasteiger partial charge is 0.201 e. The first-order valence-corrected chi connectivity index (χ1v) is 11.9. The Morgan fingerprint density at radius 3 is 2.50 bits per heavy atom. The van der Waals surface area contributed by atoms with E-state index in [-0.39, 0.29) is 40.6 Å². The van der Waals surface area contributed by atoms with Gasteiger partial charge in [0.05, 0.1) is 11.6 Å². The number of phenols is 1. The average molecular weight is 460 g/mol. The standard InChI is InChI=1S/C24H29NO6S/c1-5-32-10-14-12-7-6-8-16(26)17(12)21(28)18-13(14)9-15-19(25(3)4)20(27)11(2)22(29)24(15,31)23(18)30/h6-8,13-15,19,26-27,30-31H,5,9-10H2,1-4H3. The van der Waals surface area contributed by atoms with Gasteiger partial charge < -0.3 is 20.4 Å². The number of aliphatic hydroxyl groups is 3. The maximum atomic E-state index is 13.5. The number of carbonyl (C=O) groups excluding carboxylic acids is 2. The van der Waals surface area contributed by atoms with E-state index in [9.17, 15) is 30.0 Å². The molecule has 0 heterocycles. The summed E-state index contributed by atoms with van der Waals surface area (Å²) in [5, 5.41) is 44.2. The zero-order valence-corrected chi connectivity index (χ0v) is 19.4. The molecule has 1 aromatic carbocycles. The molecule has 0 radical (unpaired) electrons. The molecule has 0 saturated carbocycles. The molecular formula is C24H29NO6S. The molecule has 0 aliphatic heterocycles. The van der Waals surface area contributed by atoms with Crippen LogP contribution in [0.5, 0.6) is 5.75 Å². The van der Waals surface area contributed by atoms with Gasteiger partial charge in [-0.2, -0.15) is 11.8 Å². The molecule has 32 heavy (non-hydrogen) atoms. The van der Waals surface area contributed by atoms with Crippen molar-refractivity contribution < 1.29 is 30.0 Å². The first kappa shape index (κ1) is 22.9. The summed E-state index contributed by atoms with van der Waals surface area (Å²) in [5.74, 6) is -2.29. The monoisotopic (exact) mass is 459 g/mol. The van der Waals surface area contributed by atoms with Gasteiger partial charge in [-0.3, -0.25) is 14.5 Å². The number of likely N-dealkylation sites (N-methyl/N-ethyl adjacent to an activating group) is 1. The van der Waals surface area contributed by atoms with E-state index >= 15 is 0 Å². The summed E-state index contributed by atoms with van der Waals surface area (Å²) in [6, 6.07) is 4.25. The van der Waals surface area contributed by atoms with Crippen molar-refractivity contribution in [1.29, 1.82) is 0 Å². The van der Waals surface area contributed by atoms with Crippen molar-refractivity contribution in [2.75, 3.05) is 25.6 Å². The van der Waals surface area contributed by atoms with E-state index in [4.69, 9.17) is 0 Å². The van der Waals surface area contributed by atoms with Crippen molar-refractivity contribution in [3.63, 3.8) is 0 Å². The fraction of sp³-hybridized carbons (Fsp3) is 0.500. The number of thioether (sulfide) groups is 1. The lowest BCUT2D eigenvalue weighted by atomic mass is 9.56. The Morgan fingerprint density at radius 1 is 1.19 bits per heavy atom. The fourth-order valence-corrected chi connectivity index (χ4v) is 6.63. The van der Waals surface area contributed by atoms with Crippen LogP contribution >= 0.6 is 11.8 Å². The maximum absolute atomic E-state index is 13.5. The molecule has 1 aromatic rings. The number of aliphatic hydroxyl groups excluding tert-OH is 2. The normalized spacial score (nSPS) is 32.2. The van der Waals surface area contributed by atoms with Crippen molar-refractivity contribution in [2.24, 2.45) is 11.8 Å². The molecule has 0 bridgehead atoms. The van der Waals surface area contributed by atoms with Gasteiger partial charge in [0, 0.05) is 28.7 Å².